The molecule has 0 fully saturated rings. The van der Waals surface area contributed by atoms with Crippen molar-refractivity contribution in [1.29, 1.82) is 0 Å². The molecule has 0 radical (unpaired) electrons. The molecule has 0 heterocycles. The summed E-state index contributed by atoms with van der Waals surface area (Å²) in [5.74, 6) is 0.222. The fourth-order valence-electron chi connectivity index (χ4n) is 7.09. The van der Waals surface area contributed by atoms with Crippen molar-refractivity contribution >= 4 is 41.1 Å². The first kappa shape index (κ1) is 73.3. The molecule has 0 saturated heterocycles. The molecule has 6 aromatic rings. The number of hydrogen-bond acceptors (Lipinski definition) is 12. The SMILES string of the molecule is COc1cc(CC(=O)Cl)ccc1O.COc1cc(CC(=O)NCCCc2ccc(C)c(C)c2)ccc1O.COc1cc(CC(=O)O)ccc1O.Cc1ccc(CCCN)cc1C.Cc1ccc(CCCN)cc1C.Cl.[Na+].[OH-]. The number of rotatable bonds is 19. The normalized spacial score (nSPS) is 9.71. The minimum absolute atomic E-state index is 0. The minimum atomic E-state index is -0.909. The van der Waals surface area contributed by atoms with E-state index in [1.54, 1.807) is 36.4 Å². The Morgan fingerprint density at radius 2 is 0.792 bits per heavy atom. The molecule has 10 N–H and O–H groups in total. The van der Waals surface area contributed by atoms with Crippen LogP contribution in [0.3, 0.4) is 0 Å². The number of nitrogens with one attached hydrogen (secondary N) is 1. The molecule has 6 rings (SSSR count). The fraction of sp³-hybridized carbons (Fsp3) is 0.350. The number of aromatic hydroxyl groups is 3. The molecule has 0 spiro atoms. The predicted octanol–water partition coefficient (Wildman–Crippen LogP) is 7.68. The molecule has 0 atom stereocenters. The molecule has 416 valence electrons. The number of carboxylic acid groups (broad SMARTS) is 1. The third-order valence-electron chi connectivity index (χ3n) is 11.8. The van der Waals surface area contributed by atoms with Crippen molar-refractivity contribution in [2.45, 2.75) is 99.3 Å². The summed E-state index contributed by atoms with van der Waals surface area (Å²) in [4.78, 5) is 32.9. The molecule has 0 saturated carbocycles. The van der Waals surface area contributed by atoms with Crippen LogP contribution in [0.25, 0.3) is 0 Å². The third kappa shape index (κ3) is 29.5. The van der Waals surface area contributed by atoms with Gasteiger partial charge in [0.1, 0.15) is 0 Å². The van der Waals surface area contributed by atoms with E-state index < -0.39 is 11.2 Å². The van der Waals surface area contributed by atoms with Crippen molar-refractivity contribution in [2.24, 2.45) is 11.5 Å². The summed E-state index contributed by atoms with van der Waals surface area (Å²) in [5.41, 5.74) is 25.2. The van der Waals surface area contributed by atoms with Gasteiger partial charge in [-0.15, -0.1) is 12.4 Å². The second-order valence-corrected chi connectivity index (χ2v) is 18.2. The molecule has 0 unspecified atom stereocenters. The van der Waals surface area contributed by atoms with Gasteiger partial charge in [-0.25, -0.2) is 0 Å². The number of carbonyl (C=O) groups excluding carboxylic acids is 2. The molecule has 14 nitrogen and oxygen atoms in total. The first-order valence-electron chi connectivity index (χ1n) is 24.6. The molecule has 0 aliphatic carbocycles. The van der Waals surface area contributed by atoms with E-state index in [1.165, 1.54) is 89.6 Å². The Labute approximate surface area is 489 Å². The topological polar surface area (TPSA) is 254 Å². The molecule has 0 aliphatic rings. The van der Waals surface area contributed by atoms with Crippen LogP contribution in [0.5, 0.6) is 34.5 Å². The second-order valence-electron chi connectivity index (χ2n) is 17.8. The van der Waals surface area contributed by atoms with E-state index in [0.717, 1.165) is 62.7 Å². The molecule has 77 heavy (non-hydrogen) atoms. The summed E-state index contributed by atoms with van der Waals surface area (Å²) in [7, 11) is 4.35. The van der Waals surface area contributed by atoms with Crippen LogP contribution in [0.15, 0.2) is 109 Å². The molecule has 0 bridgehead atoms. The Morgan fingerprint density at radius 3 is 1.09 bits per heavy atom. The average Bonchev–Trinajstić information content (AvgIpc) is 3.37. The number of methoxy groups -OCH3 is 3. The van der Waals surface area contributed by atoms with Gasteiger partial charge in [-0.2, -0.15) is 0 Å². The van der Waals surface area contributed by atoms with Gasteiger partial charge in [0.15, 0.2) is 34.5 Å². The number of phenolic OH excluding ortho intramolecular Hbond substituents is 3. The van der Waals surface area contributed by atoms with Crippen molar-refractivity contribution in [2.75, 3.05) is 41.0 Å². The van der Waals surface area contributed by atoms with Crippen LogP contribution in [0.4, 0.5) is 0 Å². The van der Waals surface area contributed by atoms with E-state index in [-0.39, 0.29) is 89.9 Å². The van der Waals surface area contributed by atoms with Crippen molar-refractivity contribution < 1.29 is 84.1 Å². The van der Waals surface area contributed by atoms with Gasteiger partial charge in [0.2, 0.25) is 11.1 Å². The summed E-state index contributed by atoms with van der Waals surface area (Å²) in [6.07, 6.45) is 6.59. The van der Waals surface area contributed by atoms with Crippen LogP contribution in [0.1, 0.15) is 86.0 Å². The van der Waals surface area contributed by atoms with Crippen LogP contribution >= 0.6 is 24.0 Å². The largest absolute Gasteiger partial charge is 1.00 e. The smallest absolute Gasteiger partial charge is 0.870 e. The van der Waals surface area contributed by atoms with Gasteiger partial charge in [-0.3, -0.25) is 14.4 Å². The van der Waals surface area contributed by atoms with Crippen molar-refractivity contribution in [3.8, 4) is 34.5 Å². The Kier molecular flexibility index (Phi) is 38.4. The number of halogens is 2. The first-order chi connectivity index (χ1) is 35.2. The zero-order valence-electron chi connectivity index (χ0n) is 46.5. The average molecular weight is 1110 g/mol. The van der Waals surface area contributed by atoms with E-state index in [4.69, 9.17) is 42.4 Å². The number of hydrogen-bond donors (Lipinski definition) is 7. The molecule has 17 heteroatoms. The quantitative estimate of drug-likeness (QED) is 0.0234. The maximum atomic E-state index is 12.0. The van der Waals surface area contributed by atoms with E-state index in [9.17, 15) is 29.7 Å². The molecule has 0 aliphatic heterocycles. The summed E-state index contributed by atoms with van der Waals surface area (Å²) >= 11 is 5.21. The molecule has 1 amide bonds. The summed E-state index contributed by atoms with van der Waals surface area (Å²) in [6.45, 7) is 15.0. The first-order valence-corrected chi connectivity index (χ1v) is 24.9. The Morgan fingerprint density at radius 1 is 0.481 bits per heavy atom. The van der Waals surface area contributed by atoms with Crippen molar-refractivity contribution in [1.82, 2.24) is 5.32 Å². The van der Waals surface area contributed by atoms with Crippen LogP contribution in [-0.2, 0) is 52.9 Å². The maximum absolute atomic E-state index is 12.0. The Bertz CT molecular complexity index is 2580. The summed E-state index contributed by atoms with van der Waals surface area (Å²) in [6, 6.07) is 33.8. The monoisotopic (exact) mass is 1110 g/mol. The van der Waals surface area contributed by atoms with E-state index in [1.807, 2.05) is 0 Å². The molecule has 0 aromatic heterocycles. The van der Waals surface area contributed by atoms with E-state index >= 15 is 0 Å². The van der Waals surface area contributed by atoms with Crippen LogP contribution < -0.4 is 60.6 Å². The number of nitrogens with two attached hydrogens (primary N) is 2. The standard InChI is InChI=1S/C20H25NO3.2C11H17N.C9H9ClO3.C9H10O4.ClH.Na.H2O/c1-14-6-7-16(11-15(14)2)5-4-10-21-20(23)13-17-8-9-18(22)19(12-17)24-3;2*1-9-5-6-11(4-3-7-12)8-10(9)2;1-13-8-4-6(5-9(10)12)2-3-7(8)11;1-13-8-4-6(5-9(11)12)2-3-7(8)10;;;/h6-9,11-12,22H,4-5,10,13H2,1-3H3,(H,21,23);2*5-6,8H,3-4,7,12H2,1-2H3;2-4,11H,5H2,1H3;2-4,10H,5H2,1H3,(H,11,12);1H;;1H2/q;;;;;;+1;/p-1. The predicted molar refractivity (Wildman–Crippen MR) is 307 cm³/mol. The number of aliphatic carboxylic acids is 1. The molecular formula is C60H80Cl2N3NaO11. The number of carbonyl (C=O) groups is 3. The number of aryl methyl sites for hydroxylation is 9. The van der Waals surface area contributed by atoms with Crippen LogP contribution in [0.2, 0.25) is 0 Å². The molecular weight excluding hydrogens is 1030 g/mol. The van der Waals surface area contributed by atoms with Gasteiger partial charge in [-0.1, -0.05) is 72.8 Å². The fourth-order valence-corrected chi connectivity index (χ4v) is 7.24. The maximum Gasteiger partial charge on any atom is 1.00 e. The van der Waals surface area contributed by atoms with Gasteiger partial charge in [0.05, 0.1) is 34.2 Å². The zero-order valence-corrected chi connectivity index (χ0v) is 50.1. The number of carboxylic acids is 1. The van der Waals surface area contributed by atoms with Gasteiger partial charge in [-0.05, 0) is 208 Å². The van der Waals surface area contributed by atoms with Gasteiger partial charge in [0.25, 0.3) is 0 Å². The van der Waals surface area contributed by atoms with Gasteiger partial charge >= 0.3 is 35.5 Å². The Hall–Kier alpha value is -5.81. The van der Waals surface area contributed by atoms with Crippen molar-refractivity contribution in [3.63, 3.8) is 0 Å². The Balaban J connectivity index is 0. The summed E-state index contributed by atoms with van der Waals surface area (Å²) in [5, 5.41) is 39.0. The van der Waals surface area contributed by atoms with E-state index in [0.29, 0.717) is 29.4 Å². The zero-order chi connectivity index (χ0) is 55.2. The number of phenols is 3. The summed E-state index contributed by atoms with van der Waals surface area (Å²) < 4.78 is 14.7. The van der Waals surface area contributed by atoms with Crippen LogP contribution in [0, 0.1) is 41.5 Å². The van der Waals surface area contributed by atoms with Crippen LogP contribution in [-0.4, -0.2) is 84.0 Å². The number of benzene rings is 6. The minimum Gasteiger partial charge on any atom is -0.870 e. The second kappa shape index (κ2) is 40.4. The van der Waals surface area contributed by atoms with E-state index in [2.05, 4.69) is 101 Å². The van der Waals surface area contributed by atoms with Gasteiger partial charge in [0, 0.05) is 13.0 Å². The van der Waals surface area contributed by atoms with Gasteiger partial charge < -0.3 is 56.9 Å². The number of amides is 1. The molecule has 6 aromatic carbocycles. The van der Waals surface area contributed by atoms with Crippen molar-refractivity contribution in [3.05, 3.63) is 176 Å². The third-order valence-corrected chi connectivity index (χ3v) is 11.9. The number of ether oxygens (including phenoxy) is 3.